The Morgan fingerprint density at radius 2 is 1.50 bits per heavy atom. The number of nitrogens with zero attached hydrogens (tertiary/aromatic N) is 6. The lowest BCUT2D eigenvalue weighted by atomic mass is 9.73. The van der Waals surface area contributed by atoms with Gasteiger partial charge in [0.05, 0.1) is 27.9 Å². The van der Waals surface area contributed by atoms with Crippen molar-refractivity contribution in [2.45, 2.75) is 91.1 Å². The first kappa shape index (κ1) is 58.8. The molecule has 1 aliphatic carbocycles. The van der Waals surface area contributed by atoms with Gasteiger partial charge in [0.2, 0.25) is 11.8 Å². The highest BCUT2D eigenvalue weighted by Gasteiger charge is 2.48. The van der Waals surface area contributed by atoms with Gasteiger partial charge in [-0.2, -0.15) is 13.2 Å². The zero-order chi connectivity index (χ0) is 56.8. The van der Waals surface area contributed by atoms with Crippen LogP contribution in [-0.4, -0.2) is 142 Å². The summed E-state index contributed by atoms with van der Waals surface area (Å²) in [6, 6.07) is 27.4. The minimum Gasteiger partial charge on any atom is -0.380 e. The topological polar surface area (TPSA) is 194 Å². The molecule has 0 radical (unpaired) electrons. The van der Waals surface area contributed by atoms with Crippen LogP contribution in [0.5, 0.6) is 0 Å². The number of halogens is 4. The highest BCUT2D eigenvalue weighted by Crippen LogP contribution is 2.43. The summed E-state index contributed by atoms with van der Waals surface area (Å²) in [6.45, 7) is 12.1. The van der Waals surface area contributed by atoms with Gasteiger partial charge in [0.1, 0.15) is 11.2 Å². The zero-order valence-electron chi connectivity index (χ0n) is 44.6. The molecule has 0 saturated carbocycles. The molecule has 9 rings (SSSR count). The number of piperazine rings is 2. The molecule has 2 atom stereocenters. The number of sulfonamides is 1. The molecule has 1 aromatic heterocycles. The molecule has 426 valence electrons. The third kappa shape index (κ3) is 14.8. The average Bonchev–Trinajstić information content (AvgIpc) is 3.43. The van der Waals surface area contributed by atoms with Crippen LogP contribution in [0.2, 0.25) is 5.02 Å². The van der Waals surface area contributed by atoms with Crippen molar-refractivity contribution < 1.29 is 44.4 Å². The predicted octanol–water partition coefficient (Wildman–Crippen LogP) is 8.63. The van der Waals surface area contributed by atoms with Crippen molar-refractivity contribution in [3.63, 3.8) is 0 Å². The quantitative estimate of drug-likeness (QED) is 0.0525. The number of benzene rings is 4. The number of anilines is 2. The number of nitrogens with one attached hydrogen (secondary N) is 3. The summed E-state index contributed by atoms with van der Waals surface area (Å²) in [5.41, 5.74) is 0.0886. The highest BCUT2D eigenvalue weighted by molar-refractivity contribution is 7.99. The number of allylic oxidation sites excluding steroid dienone is 1. The summed E-state index contributed by atoms with van der Waals surface area (Å²) >= 11 is 7.63. The Morgan fingerprint density at radius 1 is 0.825 bits per heavy atom. The molecule has 3 aliphatic heterocycles. The second-order valence-electron chi connectivity index (χ2n) is 21.6. The van der Waals surface area contributed by atoms with E-state index < -0.39 is 58.7 Å². The monoisotopic (exact) mass is 1180 g/mol. The summed E-state index contributed by atoms with van der Waals surface area (Å²) in [7, 11) is -11.0. The molecule has 3 saturated heterocycles. The van der Waals surface area contributed by atoms with Crippen molar-refractivity contribution in [2.75, 3.05) is 81.4 Å². The van der Waals surface area contributed by atoms with Crippen LogP contribution in [0.15, 0.2) is 130 Å². The fraction of sp³-hybridized carbons (Fsp3) is 0.421. The molecular weight excluding hydrogens is 1110 g/mol. The number of alkyl halides is 3. The van der Waals surface area contributed by atoms with Crippen molar-refractivity contribution >= 4 is 77.9 Å². The van der Waals surface area contributed by atoms with E-state index in [2.05, 4.69) is 66.2 Å². The summed E-state index contributed by atoms with van der Waals surface area (Å²) in [4.78, 5) is 54.2. The largest absolute Gasteiger partial charge is 0.501 e. The highest BCUT2D eigenvalue weighted by atomic mass is 35.5. The van der Waals surface area contributed by atoms with Crippen LogP contribution in [0.3, 0.4) is 0 Å². The molecule has 5 aromatic rings. The number of piperidine rings is 1. The van der Waals surface area contributed by atoms with Gasteiger partial charge in [-0.1, -0.05) is 61.4 Å². The zero-order valence-corrected chi connectivity index (χ0v) is 47.8. The molecule has 4 aromatic carbocycles. The standard InChI is InChI=1S/C57H65ClF3N9O7S3/c1-56(2)22-20-48(39-8-12-42(58)13-9-39)41(34-56)35-68-28-30-70(31-29-68)45-14-10-40(11-15-45)54(72)66-80(76,77)47-16-18-50(52(33-47)79(74,75)57(59,60)61)64-43(37-78-46-6-4-3-5-7-46)21-23-67-24-26-69(27-25-67)36-44-32-51(63-38-62-44)49-17-19-53(71)65-55(49)73/h3-16,18,32-33,38,43,49,64H,17,19-31,34-37H2,1-2H3,(H,66,72)(H,65,71,73)/t43-,49?/m1/s1. The summed E-state index contributed by atoms with van der Waals surface area (Å²) in [6.07, 6.45) is 5.51. The average molecular weight is 1180 g/mol. The maximum absolute atomic E-state index is 14.5. The number of hydrogen-bond acceptors (Lipinski definition) is 15. The minimum atomic E-state index is -6.13. The van der Waals surface area contributed by atoms with E-state index >= 15 is 0 Å². The summed E-state index contributed by atoms with van der Waals surface area (Å²) in [5, 5.41) is 6.10. The molecule has 1 unspecified atom stereocenters. The molecule has 4 aliphatic rings. The van der Waals surface area contributed by atoms with E-state index in [1.165, 1.54) is 46.9 Å². The molecule has 80 heavy (non-hydrogen) atoms. The molecule has 4 heterocycles. The number of aromatic nitrogens is 2. The first-order valence-electron chi connectivity index (χ1n) is 26.7. The second-order valence-corrected chi connectivity index (χ2v) is 26.7. The maximum Gasteiger partial charge on any atom is 0.501 e. The van der Waals surface area contributed by atoms with Gasteiger partial charge in [-0.25, -0.2) is 31.5 Å². The number of hydrogen-bond donors (Lipinski definition) is 3. The van der Waals surface area contributed by atoms with Crippen LogP contribution < -0.4 is 20.3 Å². The summed E-state index contributed by atoms with van der Waals surface area (Å²) < 4.78 is 99.5. The summed E-state index contributed by atoms with van der Waals surface area (Å²) in [5.74, 6) is -1.96. The first-order chi connectivity index (χ1) is 38.1. The van der Waals surface area contributed by atoms with Crippen LogP contribution in [0.25, 0.3) is 5.57 Å². The Labute approximate surface area is 474 Å². The third-order valence-corrected chi connectivity index (χ3v) is 19.6. The van der Waals surface area contributed by atoms with E-state index in [0.29, 0.717) is 74.6 Å². The predicted molar refractivity (Wildman–Crippen MR) is 304 cm³/mol. The number of sulfone groups is 1. The Bertz CT molecular complexity index is 3300. The van der Waals surface area contributed by atoms with Gasteiger partial charge in [0.25, 0.3) is 25.8 Å². The number of amides is 3. The Kier molecular flexibility index (Phi) is 18.4. The van der Waals surface area contributed by atoms with Crippen molar-refractivity contribution in [1.29, 1.82) is 0 Å². The molecule has 3 amide bonds. The van der Waals surface area contributed by atoms with E-state index in [9.17, 15) is 44.4 Å². The van der Waals surface area contributed by atoms with E-state index in [1.54, 1.807) is 18.2 Å². The van der Waals surface area contributed by atoms with E-state index in [4.69, 9.17) is 11.6 Å². The van der Waals surface area contributed by atoms with Gasteiger partial charge in [-0.05, 0) is 121 Å². The maximum atomic E-state index is 14.5. The van der Waals surface area contributed by atoms with Crippen LogP contribution in [0.4, 0.5) is 24.5 Å². The van der Waals surface area contributed by atoms with Crippen LogP contribution in [-0.2, 0) is 36.0 Å². The SMILES string of the molecule is CC1(C)CCC(c2ccc(Cl)cc2)=C(CN2CCN(c3ccc(C(=O)NS(=O)(=O)c4ccc(N[C@H](CCN5CCN(Cc6cc(C7CCC(=O)NC7=O)ncn6)CC5)CSc5ccccc5)c(S(=O)(=O)C(F)(F)F)c4)cc3)CC2)C1. The molecule has 23 heteroatoms. The van der Waals surface area contributed by atoms with Gasteiger partial charge in [-0.15, -0.1) is 11.8 Å². The van der Waals surface area contributed by atoms with Crippen LogP contribution >= 0.6 is 23.4 Å². The second kappa shape index (κ2) is 25.1. The lowest BCUT2D eigenvalue weighted by Crippen LogP contribution is -2.47. The number of rotatable bonds is 19. The van der Waals surface area contributed by atoms with Gasteiger partial charge in [0, 0.05) is 111 Å². The van der Waals surface area contributed by atoms with Crippen molar-refractivity contribution in [3.8, 4) is 0 Å². The molecule has 3 N–H and O–H groups in total. The number of thioether (sulfide) groups is 1. The molecular formula is C57H65ClF3N9O7S3. The molecule has 3 fully saturated rings. The van der Waals surface area contributed by atoms with Crippen molar-refractivity contribution in [1.82, 2.24) is 34.7 Å². The number of carbonyl (C=O) groups excluding carboxylic acids is 3. The first-order valence-corrected chi connectivity index (χ1v) is 31.0. The molecule has 16 nitrogen and oxygen atoms in total. The Balaban J connectivity index is 0.833. The van der Waals surface area contributed by atoms with Crippen molar-refractivity contribution in [3.05, 3.63) is 143 Å². The van der Waals surface area contributed by atoms with E-state index in [1.807, 2.05) is 47.2 Å². The number of imide groups is 1. The van der Waals surface area contributed by atoms with Crippen molar-refractivity contribution in [2.24, 2.45) is 5.41 Å². The normalized spacial score (nSPS) is 19.4. The van der Waals surface area contributed by atoms with Crippen LogP contribution in [0, 0.1) is 5.41 Å². The van der Waals surface area contributed by atoms with E-state index in [0.717, 1.165) is 80.4 Å². The van der Waals surface area contributed by atoms with Crippen LogP contribution in [0.1, 0.15) is 85.6 Å². The fourth-order valence-electron chi connectivity index (χ4n) is 10.7. The Hall–Kier alpha value is -5.88. The fourth-order valence-corrected chi connectivity index (χ4v) is 13.9. The molecule has 0 bridgehead atoms. The van der Waals surface area contributed by atoms with Gasteiger partial charge in [-0.3, -0.25) is 29.5 Å². The van der Waals surface area contributed by atoms with E-state index in [-0.39, 0.29) is 29.2 Å². The lowest BCUT2D eigenvalue weighted by Gasteiger charge is -2.39. The van der Waals surface area contributed by atoms with Gasteiger partial charge in [0.15, 0.2) is 0 Å². The Morgan fingerprint density at radius 3 is 2.19 bits per heavy atom. The third-order valence-electron chi connectivity index (χ3n) is 15.3. The molecule has 0 spiro atoms. The lowest BCUT2D eigenvalue weighted by molar-refractivity contribution is -0.134. The van der Waals surface area contributed by atoms with Gasteiger partial charge >= 0.3 is 5.51 Å². The smallest absolute Gasteiger partial charge is 0.380 e. The van der Waals surface area contributed by atoms with Gasteiger partial charge < -0.3 is 15.1 Å². The number of carbonyl (C=O) groups is 3. The minimum absolute atomic E-state index is 0.0227.